The molecule has 0 rings (SSSR count). The third kappa shape index (κ3) is 10.7. The largest absolute Gasteiger partial charge is 1.00 e. The molecule has 0 fully saturated rings. The fourth-order valence-corrected chi connectivity index (χ4v) is 2.57. The molecule has 0 aliphatic carbocycles. The fourth-order valence-electron chi connectivity index (χ4n) is 0.500. The zero-order valence-electron chi connectivity index (χ0n) is 8.56. The van der Waals surface area contributed by atoms with Gasteiger partial charge in [0.2, 0.25) is 0 Å². The summed E-state index contributed by atoms with van der Waals surface area (Å²) in [6.07, 6.45) is 0.977. The van der Waals surface area contributed by atoms with Crippen LogP contribution in [0.1, 0.15) is 21.2 Å². The van der Waals surface area contributed by atoms with E-state index in [1.165, 1.54) is 0 Å². The molecule has 9 heteroatoms. The van der Waals surface area contributed by atoms with Crippen LogP contribution in [-0.2, 0) is 24.1 Å². The Bertz CT molecular complexity index is 326. The first-order valence-corrected chi connectivity index (χ1v) is 6.28. The smallest absolute Gasteiger partial charge is 1.00 e. The molecule has 0 saturated heterocycles. The van der Waals surface area contributed by atoms with Crippen LogP contribution in [0, 0.1) is 0 Å². The number of hydrogen-bond donors (Lipinski definition) is 1. The second-order valence-electron chi connectivity index (χ2n) is 2.18. The molecule has 0 spiro atoms. The van der Waals surface area contributed by atoms with Crippen molar-refractivity contribution < 1.29 is 51.4 Å². The summed E-state index contributed by atoms with van der Waals surface area (Å²) in [4.78, 5) is 0. The molecule has 0 aromatic rings. The van der Waals surface area contributed by atoms with Crippen molar-refractivity contribution in [1.82, 2.24) is 0 Å². The van der Waals surface area contributed by atoms with Gasteiger partial charge in [0.25, 0.3) is 10.1 Å². The van der Waals surface area contributed by atoms with Gasteiger partial charge in [-0.05, 0) is 6.42 Å². The molecule has 2 N–H and O–H groups in total. The van der Waals surface area contributed by atoms with Crippen LogP contribution in [0.25, 0.3) is 0 Å². The molecule has 6 nitrogen and oxygen atoms in total. The van der Waals surface area contributed by atoms with E-state index >= 15 is 0 Å². The predicted molar refractivity (Wildman–Crippen MR) is 44.0 cm³/mol. The number of nitrogens with two attached hydrogens (primary N) is 1. The second kappa shape index (κ2) is 6.33. The van der Waals surface area contributed by atoms with E-state index in [4.69, 9.17) is 0 Å². The van der Waals surface area contributed by atoms with Gasteiger partial charge < -0.3 is 1.43 Å². The Hall–Kier alpha value is 0.820. The summed E-state index contributed by atoms with van der Waals surface area (Å²) in [5.41, 5.74) is 0. The van der Waals surface area contributed by atoms with Crippen molar-refractivity contribution in [3.8, 4) is 0 Å². The topological polar surface area (TPSA) is 104 Å². The number of hydrogen-bond acceptors (Lipinski definition) is 5. The van der Waals surface area contributed by atoms with E-state index in [-0.39, 0.29) is 36.7 Å². The van der Waals surface area contributed by atoms with E-state index in [1.807, 2.05) is 0 Å². The van der Waals surface area contributed by atoms with Gasteiger partial charge in [-0.1, -0.05) is 13.3 Å². The molecule has 0 bridgehead atoms. The molecule has 0 unspecified atom stereocenters. The maximum atomic E-state index is 10.7. The Morgan fingerprint density at radius 2 is 1.77 bits per heavy atom. The maximum Gasteiger partial charge on any atom is 1.00 e. The average molecular weight is 241 g/mol. The Balaban J connectivity index is -0.000000605. The normalized spacial score (nSPS) is 12.2. The number of unbranched alkanes of at least 4 members (excludes halogenated alkanes) is 1. The molecule has 0 aliphatic rings. The van der Waals surface area contributed by atoms with Crippen molar-refractivity contribution in [3.05, 3.63) is 0 Å². The van der Waals surface area contributed by atoms with Crippen LogP contribution in [0.5, 0.6) is 0 Å². The molecule has 76 valence electrons. The monoisotopic (exact) mass is 241 g/mol. The first kappa shape index (κ1) is 16.3. The molecule has 13 heavy (non-hydrogen) atoms. The van der Waals surface area contributed by atoms with Crippen LogP contribution >= 0.6 is 0 Å². The first-order valence-electron chi connectivity index (χ1n) is 3.23. The van der Waals surface area contributed by atoms with Gasteiger partial charge in [0.1, 0.15) is 0 Å². The SMILES string of the molecule is CCCCS(=O)(=O)OS(N)(=O)=O.[H-].[Na+]. The van der Waals surface area contributed by atoms with Crippen LogP contribution in [0.3, 0.4) is 0 Å². The van der Waals surface area contributed by atoms with Crippen LogP contribution in [0.15, 0.2) is 0 Å². The van der Waals surface area contributed by atoms with E-state index in [0.29, 0.717) is 12.8 Å². The van der Waals surface area contributed by atoms with Crippen LogP contribution < -0.4 is 34.7 Å². The standard InChI is InChI=1S/C4H11NO5S2.Na.H/c1-2-3-4-11(6,7)10-12(5,8)9;;/h2-4H2,1H3,(H2,5,8,9);;/q;+1;-1. The van der Waals surface area contributed by atoms with Crippen molar-refractivity contribution in [2.24, 2.45) is 5.14 Å². The Kier molecular flexibility index (Phi) is 7.92. The third-order valence-corrected chi connectivity index (χ3v) is 3.32. The summed E-state index contributed by atoms with van der Waals surface area (Å²) in [7, 11) is -8.41. The van der Waals surface area contributed by atoms with Crippen molar-refractivity contribution in [2.45, 2.75) is 19.8 Å². The maximum absolute atomic E-state index is 10.7. The molecule has 0 atom stereocenters. The van der Waals surface area contributed by atoms with Gasteiger partial charge in [0, 0.05) is 0 Å². The van der Waals surface area contributed by atoms with Gasteiger partial charge in [-0.2, -0.15) is 16.8 Å². The Morgan fingerprint density at radius 1 is 1.31 bits per heavy atom. The second-order valence-corrected chi connectivity index (χ2v) is 5.23. The summed E-state index contributed by atoms with van der Waals surface area (Å²) in [5.74, 6) is -0.333. The average Bonchev–Trinajstić information content (AvgIpc) is 1.78. The van der Waals surface area contributed by atoms with Gasteiger partial charge in [-0.3, -0.25) is 0 Å². The summed E-state index contributed by atoms with van der Waals surface area (Å²) >= 11 is 0. The van der Waals surface area contributed by atoms with Crippen molar-refractivity contribution >= 4 is 20.4 Å². The fraction of sp³-hybridized carbons (Fsp3) is 1.00. The Morgan fingerprint density at radius 3 is 2.08 bits per heavy atom. The minimum absolute atomic E-state index is 0. The Labute approximate surface area is 102 Å². The van der Waals surface area contributed by atoms with E-state index in [2.05, 4.69) is 8.77 Å². The van der Waals surface area contributed by atoms with Crippen LogP contribution in [0.2, 0.25) is 0 Å². The molecule has 0 heterocycles. The molecule has 0 amide bonds. The van der Waals surface area contributed by atoms with E-state index in [1.54, 1.807) is 6.92 Å². The van der Waals surface area contributed by atoms with Gasteiger partial charge in [0.05, 0.1) is 5.75 Å². The summed E-state index contributed by atoms with van der Waals surface area (Å²) in [5, 5.41) is 4.36. The van der Waals surface area contributed by atoms with E-state index < -0.39 is 20.4 Å². The number of rotatable bonds is 5. The van der Waals surface area contributed by atoms with Crippen molar-refractivity contribution in [3.63, 3.8) is 0 Å². The van der Waals surface area contributed by atoms with Gasteiger partial charge in [-0.15, -0.1) is 3.63 Å². The summed E-state index contributed by atoms with van der Waals surface area (Å²) < 4.78 is 45.5. The summed E-state index contributed by atoms with van der Waals surface area (Å²) in [6.45, 7) is 1.77. The molecule has 0 aromatic heterocycles. The molecular formula is C4H12NNaO5S2. The van der Waals surface area contributed by atoms with Gasteiger partial charge >= 0.3 is 39.9 Å². The van der Waals surface area contributed by atoms with Crippen molar-refractivity contribution in [1.29, 1.82) is 0 Å². The minimum atomic E-state index is -4.40. The van der Waals surface area contributed by atoms with Gasteiger partial charge in [0.15, 0.2) is 0 Å². The van der Waals surface area contributed by atoms with Crippen molar-refractivity contribution in [2.75, 3.05) is 5.75 Å². The third-order valence-electron chi connectivity index (χ3n) is 0.946. The van der Waals surface area contributed by atoms with E-state index in [0.717, 1.165) is 0 Å². The molecule has 0 aromatic carbocycles. The van der Waals surface area contributed by atoms with Crippen LogP contribution in [0.4, 0.5) is 0 Å². The zero-order valence-corrected chi connectivity index (χ0v) is 11.2. The van der Waals surface area contributed by atoms with Gasteiger partial charge in [-0.25, -0.2) is 5.14 Å². The minimum Gasteiger partial charge on any atom is -1.00 e. The quantitative estimate of drug-likeness (QED) is 0.502. The predicted octanol–water partition coefficient (Wildman–Crippen LogP) is -3.55. The molecule has 0 aliphatic heterocycles. The van der Waals surface area contributed by atoms with Crippen LogP contribution in [-0.4, -0.2) is 22.6 Å². The van der Waals surface area contributed by atoms with E-state index in [9.17, 15) is 16.8 Å². The molecule has 0 radical (unpaired) electrons. The zero-order chi connectivity index (χ0) is 9.83. The first-order chi connectivity index (χ1) is 5.27. The molecule has 0 saturated carbocycles. The molecular weight excluding hydrogens is 229 g/mol. The summed E-state index contributed by atoms with van der Waals surface area (Å²) in [6, 6.07) is 0.